The minimum absolute atomic E-state index is 0.139. The average molecular weight is 443 g/mol. The highest BCUT2D eigenvalue weighted by Gasteiger charge is 2.26. The SMILES string of the molecule is O=C(NCCO)Nc1ccc2cnc(N(c3ccccc3)N3CCNC(Cl)C3)nc2n1. The number of nitrogens with zero attached hydrogens (tertiary/aromatic N) is 5. The highest BCUT2D eigenvalue weighted by atomic mass is 35.5. The van der Waals surface area contributed by atoms with Gasteiger partial charge in [0.25, 0.3) is 0 Å². The number of carbonyl (C=O) groups is 1. The number of alkyl halides is 1. The van der Waals surface area contributed by atoms with Crippen LogP contribution in [0.1, 0.15) is 0 Å². The van der Waals surface area contributed by atoms with Gasteiger partial charge in [0.2, 0.25) is 5.95 Å². The van der Waals surface area contributed by atoms with Crippen molar-refractivity contribution in [1.29, 1.82) is 0 Å². The molecule has 1 aromatic carbocycles. The number of aromatic nitrogens is 3. The molecule has 2 amide bonds. The van der Waals surface area contributed by atoms with Gasteiger partial charge in [0, 0.05) is 37.8 Å². The second-order valence-electron chi connectivity index (χ2n) is 6.87. The van der Waals surface area contributed by atoms with Crippen LogP contribution >= 0.6 is 11.6 Å². The van der Waals surface area contributed by atoms with Gasteiger partial charge in [0.1, 0.15) is 5.82 Å². The van der Waals surface area contributed by atoms with Gasteiger partial charge in [-0.3, -0.25) is 10.6 Å². The van der Waals surface area contributed by atoms with E-state index in [0.29, 0.717) is 24.0 Å². The standard InChI is InChI=1S/C20H23ClN8O2/c21-16-13-28(10-8-22-16)29(15-4-2-1-3-5-15)19-24-12-14-6-7-17(25-18(14)27-19)26-20(31)23-9-11-30/h1-7,12,16,22,30H,8-11,13H2,(H2,23,24,25,26,27,31). The number of piperazine rings is 1. The van der Waals surface area contributed by atoms with E-state index >= 15 is 0 Å². The minimum atomic E-state index is -0.449. The minimum Gasteiger partial charge on any atom is -0.395 e. The van der Waals surface area contributed by atoms with Crippen LogP contribution in [0.4, 0.5) is 22.2 Å². The van der Waals surface area contributed by atoms with Crippen molar-refractivity contribution in [3.05, 3.63) is 48.7 Å². The highest BCUT2D eigenvalue weighted by molar-refractivity contribution is 6.20. The molecular formula is C20H23ClN8O2. The molecule has 1 aliphatic rings. The Kier molecular flexibility index (Phi) is 6.73. The van der Waals surface area contributed by atoms with Crippen molar-refractivity contribution in [3.8, 4) is 0 Å². The Bertz CT molecular complexity index is 1040. The molecule has 4 N–H and O–H groups in total. The number of aliphatic hydroxyl groups excluding tert-OH is 1. The number of urea groups is 1. The van der Waals surface area contributed by atoms with Crippen molar-refractivity contribution >= 4 is 46.1 Å². The van der Waals surface area contributed by atoms with Crippen molar-refractivity contribution in [1.82, 2.24) is 30.6 Å². The smallest absolute Gasteiger partial charge is 0.320 e. The number of anilines is 3. The fraction of sp³-hybridized carbons (Fsp3) is 0.300. The first-order valence-electron chi connectivity index (χ1n) is 9.91. The third-order valence-corrected chi connectivity index (χ3v) is 4.94. The molecule has 1 saturated heterocycles. The number of rotatable bonds is 6. The molecule has 0 radical (unpaired) electrons. The number of nitrogens with one attached hydrogen (secondary N) is 3. The number of amides is 2. The monoisotopic (exact) mass is 442 g/mol. The van der Waals surface area contributed by atoms with Gasteiger partial charge in [-0.15, -0.1) is 11.6 Å². The first-order valence-corrected chi connectivity index (χ1v) is 10.3. The van der Waals surface area contributed by atoms with Gasteiger partial charge >= 0.3 is 6.03 Å². The van der Waals surface area contributed by atoms with Gasteiger partial charge in [-0.25, -0.2) is 24.8 Å². The van der Waals surface area contributed by atoms with E-state index in [-0.39, 0.29) is 18.7 Å². The lowest BCUT2D eigenvalue weighted by Gasteiger charge is -2.39. The Morgan fingerprint density at radius 2 is 2.10 bits per heavy atom. The normalized spacial score (nSPS) is 16.8. The van der Waals surface area contributed by atoms with Crippen LogP contribution in [0.3, 0.4) is 0 Å². The van der Waals surface area contributed by atoms with Gasteiger partial charge in [-0.05, 0) is 24.3 Å². The number of hydrogen-bond acceptors (Lipinski definition) is 8. The Balaban J connectivity index is 1.66. The summed E-state index contributed by atoms with van der Waals surface area (Å²) in [5.41, 5.74) is 1.17. The van der Waals surface area contributed by atoms with Crippen molar-refractivity contribution in [2.75, 3.05) is 43.1 Å². The maximum atomic E-state index is 11.9. The number of hydrogen-bond donors (Lipinski definition) is 4. The van der Waals surface area contributed by atoms with Gasteiger partial charge in [0.15, 0.2) is 5.65 Å². The average Bonchev–Trinajstić information content (AvgIpc) is 2.78. The fourth-order valence-electron chi connectivity index (χ4n) is 3.25. The molecule has 0 spiro atoms. The molecule has 3 heterocycles. The van der Waals surface area contributed by atoms with E-state index in [0.717, 1.165) is 24.2 Å². The van der Waals surface area contributed by atoms with E-state index in [1.165, 1.54) is 0 Å². The summed E-state index contributed by atoms with van der Waals surface area (Å²) in [6.07, 6.45) is 1.70. The van der Waals surface area contributed by atoms with Gasteiger partial charge in [0.05, 0.1) is 17.8 Å². The Morgan fingerprint density at radius 3 is 2.87 bits per heavy atom. The van der Waals surface area contributed by atoms with E-state index in [1.807, 2.05) is 35.3 Å². The molecule has 11 heteroatoms. The van der Waals surface area contributed by atoms with Gasteiger partial charge < -0.3 is 10.4 Å². The number of carbonyl (C=O) groups excluding carboxylic acids is 1. The molecule has 10 nitrogen and oxygen atoms in total. The molecule has 1 aliphatic heterocycles. The quantitative estimate of drug-likeness (QED) is 0.336. The van der Waals surface area contributed by atoms with Crippen LogP contribution < -0.4 is 21.0 Å². The molecule has 3 aromatic rings. The third kappa shape index (κ3) is 5.17. The number of para-hydroxylation sites is 1. The molecule has 1 atom stereocenters. The van der Waals surface area contributed by atoms with Gasteiger partial charge in [-0.1, -0.05) is 18.2 Å². The Morgan fingerprint density at radius 1 is 1.26 bits per heavy atom. The van der Waals surface area contributed by atoms with Crippen LogP contribution in [-0.4, -0.2) is 69.4 Å². The van der Waals surface area contributed by atoms with E-state index in [9.17, 15) is 4.79 Å². The zero-order valence-corrected chi connectivity index (χ0v) is 17.5. The molecule has 1 unspecified atom stereocenters. The van der Waals surface area contributed by atoms with Gasteiger partial charge in [-0.2, -0.15) is 4.98 Å². The number of aliphatic hydroxyl groups is 1. The molecule has 1 fully saturated rings. The zero-order chi connectivity index (χ0) is 21.6. The van der Waals surface area contributed by atoms with Crippen LogP contribution in [0, 0.1) is 0 Å². The lowest BCUT2D eigenvalue weighted by Crippen LogP contribution is -2.54. The summed E-state index contributed by atoms with van der Waals surface area (Å²) in [6, 6.07) is 12.8. The summed E-state index contributed by atoms with van der Waals surface area (Å²) in [4.78, 5) is 25.5. The van der Waals surface area contributed by atoms with Crippen molar-refractivity contribution in [3.63, 3.8) is 0 Å². The third-order valence-electron chi connectivity index (χ3n) is 4.65. The number of halogens is 1. The number of fused-ring (bicyclic) bond motifs is 1. The first kappa shape index (κ1) is 21.2. The van der Waals surface area contributed by atoms with Crippen molar-refractivity contribution < 1.29 is 9.90 Å². The summed E-state index contributed by atoms with van der Waals surface area (Å²) in [5, 5.41) is 22.0. The van der Waals surface area contributed by atoms with Crippen LogP contribution in [0.5, 0.6) is 0 Å². The van der Waals surface area contributed by atoms with Crippen LogP contribution in [0.25, 0.3) is 11.0 Å². The van der Waals surface area contributed by atoms with E-state index in [4.69, 9.17) is 16.7 Å². The Hall–Kier alpha value is -3.05. The Labute approximate surface area is 184 Å². The summed E-state index contributed by atoms with van der Waals surface area (Å²) < 4.78 is 0. The zero-order valence-electron chi connectivity index (χ0n) is 16.7. The predicted octanol–water partition coefficient (Wildman–Crippen LogP) is 1.66. The number of hydrazine groups is 1. The highest BCUT2D eigenvalue weighted by Crippen LogP contribution is 2.26. The van der Waals surface area contributed by atoms with Crippen LogP contribution in [0.15, 0.2) is 48.7 Å². The molecule has 2 aromatic heterocycles. The van der Waals surface area contributed by atoms with Crippen LogP contribution in [0.2, 0.25) is 0 Å². The topological polar surface area (TPSA) is 119 Å². The molecular weight excluding hydrogens is 420 g/mol. The number of pyridine rings is 1. The van der Waals surface area contributed by atoms with Crippen molar-refractivity contribution in [2.24, 2.45) is 0 Å². The molecule has 162 valence electrons. The summed E-state index contributed by atoms with van der Waals surface area (Å²) in [5.74, 6) is 0.806. The fourth-order valence-corrected chi connectivity index (χ4v) is 3.52. The molecule has 4 rings (SSSR count). The number of benzene rings is 1. The summed E-state index contributed by atoms with van der Waals surface area (Å²) >= 11 is 6.34. The largest absolute Gasteiger partial charge is 0.395 e. The first-order chi connectivity index (χ1) is 15.1. The maximum absolute atomic E-state index is 11.9. The molecule has 0 aliphatic carbocycles. The van der Waals surface area contributed by atoms with E-state index in [1.54, 1.807) is 18.3 Å². The van der Waals surface area contributed by atoms with E-state index in [2.05, 4.69) is 35.9 Å². The second-order valence-corrected chi connectivity index (χ2v) is 7.39. The van der Waals surface area contributed by atoms with Crippen LogP contribution in [-0.2, 0) is 0 Å². The maximum Gasteiger partial charge on any atom is 0.320 e. The molecule has 0 saturated carbocycles. The molecule has 31 heavy (non-hydrogen) atoms. The predicted molar refractivity (Wildman–Crippen MR) is 119 cm³/mol. The lowest BCUT2D eigenvalue weighted by atomic mass is 10.3. The molecule has 0 bridgehead atoms. The lowest BCUT2D eigenvalue weighted by molar-refractivity contribution is 0.228. The summed E-state index contributed by atoms with van der Waals surface area (Å²) in [6.45, 7) is 2.07. The summed E-state index contributed by atoms with van der Waals surface area (Å²) in [7, 11) is 0. The van der Waals surface area contributed by atoms with E-state index < -0.39 is 6.03 Å². The van der Waals surface area contributed by atoms with Crippen molar-refractivity contribution in [2.45, 2.75) is 5.50 Å². The second kappa shape index (κ2) is 9.84.